The van der Waals surface area contributed by atoms with Gasteiger partial charge in [0.15, 0.2) is 5.13 Å². The van der Waals surface area contributed by atoms with Gasteiger partial charge in [0, 0.05) is 11.2 Å². The third-order valence-electron chi connectivity index (χ3n) is 2.73. The molecular weight excluding hydrogens is 310 g/mol. The Hall–Kier alpha value is -2.22. The molecule has 0 aliphatic carbocycles. The summed E-state index contributed by atoms with van der Waals surface area (Å²) in [6.45, 7) is 0. The Morgan fingerprint density at radius 3 is 2.95 bits per heavy atom. The lowest BCUT2D eigenvalue weighted by Gasteiger charge is -2.03. The van der Waals surface area contributed by atoms with Crippen LogP contribution in [0.3, 0.4) is 0 Å². The van der Waals surface area contributed by atoms with Crippen LogP contribution in [0.2, 0.25) is 5.02 Å². The molecule has 0 bridgehead atoms. The van der Waals surface area contributed by atoms with E-state index in [9.17, 15) is 4.79 Å². The van der Waals surface area contributed by atoms with E-state index in [1.165, 1.54) is 17.5 Å². The number of carbonyl (C=O) groups excluding carboxylic acids is 1. The Balaban J connectivity index is 1.85. The quantitative estimate of drug-likeness (QED) is 0.510. The molecule has 8 heteroatoms. The van der Waals surface area contributed by atoms with Crippen LogP contribution in [0.5, 0.6) is 0 Å². The maximum Gasteiger partial charge on any atom is 0.276 e. The van der Waals surface area contributed by atoms with Crippen molar-refractivity contribution in [3.05, 3.63) is 47.2 Å². The minimum Gasteiger partial charge on any atom is -0.324 e. The summed E-state index contributed by atoms with van der Waals surface area (Å²) in [5.41, 5.74) is 4.10. The maximum atomic E-state index is 12.1. The standard InChI is InChI=1S/C13H10ClN5OS/c14-7-1-2-9-11(5-7)21-13(17-9)18-12(20)10-6-8(19-15)3-4-16-10/h1-6H,15H2,(H,16,19)(H,17,18,20). The van der Waals surface area contributed by atoms with Crippen LogP contribution < -0.4 is 16.6 Å². The van der Waals surface area contributed by atoms with E-state index in [4.69, 9.17) is 17.4 Å². The summed E-state index contributed by atoms with van der Waals surface area (Å²) in [6, 6.07) is 8.59. The van der Waals surface area contributed by atoms with Crippen molar-refractivity contribution in [2.45, 2.75) is 0 Å². The van der Waals surface area contributed by atoms with Gasteiger partial charge in [-0.3, -0.25) is 20.9 Å². The molecule has 0 atom stereocenters. The molecule has 1 aromatic carbocycles. The Bertz CT molecular complexity index is 819. The summed E-state index contributed by atoms with van der Waals surface area (Å²) in [4.78, 5) is 20.4. The van der Waals surface area contributed by atoms with Gasteiger partial charge in [-0.05, 0) is 30.3 Å². The van der Waals surface area contributed by atoms with E-state index >= 15 is 0 Å². The molecule has 106 valence electrons. The van der Waals surface area contributed by atoms with Gasteiger partial charge >= 0.3 is 0 Å². The minimum atomic E-state index is -0.350. The summed E-state index contributed by atoms with van der Waals surface area (Å²) in [7, 11) is 0. The summed E-state index contributed by atoms with van der Waals surface area (Å²) in [5, 5.41) is 3.84. The molecule has 4 N–H and O–H groups in total. The Morgan fingerprint density at radius 1 is 1.29 bits per heavy atom. The number of hydrogen-bond acceptors (Lipinski definition) is 6. The highest BCUT2D eigenvalue weighted by Gasteiger charge is 2.11. The molecule has 3 aromatic rings. The van der Waals surface area contributed by atoms with E-state index in [0.29, 0.717) is 15.8 Å². The van der Waals surface area contributed by atoms with E-state index in [1.54, 1.807) is 30.3 Å². The third-order valence-corrected chi connectivity index (χ3v) is 3.90. The number of aromatic nitrogens is 2. The van der Waals surface area contributed by atoms with E-state index in [1.807, 2.05) is 0 Å². The summed E-state index contributed by atoms with van der Waals surface area (Å²) in [5.74, 6) is 4.95. The van der Waals surface area contributed by atoms with Crippen molar-refractivity contribution >= 4 is 49.9 Å². The maximum absolute atomic E-state index is 12.1. The van der Waals surface area contributed by atoms with Crippen molar-refractivity contribution in [2.75, 3.05) is 10.7 Å². The number of hydrazine groups is 1. The van der Waals surface area contributed by atoms with Crippen molar-refractivity contribution in [2.24, 2.45) is 5.84 Å². The zero-order chi connectivity index (χ0) is 14.8. The number of hydrogen-bond donors (Lipinski definition) is 3. The molecule has 21 heavy (non-hydrogen) atoms. The van der Waals surface area contributed by atoms with Crippen LogP contribution in [-0.4, -0.2) is 15.9 Å². The average Bonchev–Trinajstić information content (AvgIpc) is 2.88. The number of pyridine rings is 1. The number of nitrogens with one attached hydrogen (secondary N) is 2. The monoisotopic (exact) mass is 319 g/mol. The van der Waals surface area contributed by atoms with E-state index in [2.05, 4.69) is 20.7 Å². The second kappa shape index (κ2) is 5.65. The van der Waals surface area contributed by atoms with Crippen molar-refractivity contribution in [3.8, 4) is 0 Å². The number of anilines is 2. The summed E-state index contributed by atoms with van der Waals surface area (Å²) >= 11 is 7.27. The normalized spacial score (nSPS) is 10.6. The lowest BCUT2D eigenvalue weighted by Crippen LogP contribution is -2.14. The highest BCUT2D eigenvalue weighted by Crippen LogP contribution is 2.28. The number of nitrogen functional groups attached to an aromatic ring is 1. The first-order valence-corrected chi connectivity index (χ1v) is 7.15. The highest BCUT2D eigenvalue weighted by atomic mass is 35.5. The van der Waals surface area contributed by atoms with Gasteiger partial charge in [-0.25, -0.2) is 4.98 Å². The Kier molecular flexibility index (Phi) is 3.70. The largest absolute Gasteiger partial charge is 0.324 e. The smallest absolute Gasteiger partial charge is 0.276 e. The van der Waals surface area contributed by atoms with Crippen LogP contribution in [0.25, 0.3) is 10.2 Å². The van der Waals surface area contributed by atoms with Gasteiger partial charge in [-0.15, -0.1) is 0 Å². The highest BCUT2D eigenvalue weighted by molar-refractivity contribution is 7.22. The fraction of sp³-hybridized carbons (Fsp3) is 0. The number of thiazole rings is 1. The zero-order valence-electron chi connectivity index (χ0n) is 10.6. The van der Waals surface area contributed by atoms with Gasteiger partial charge in [0.05, 0.1) is 15.9 Å². The van der Waals surface area contributed by atoms with Crippen molar-refractivity contribution in [3.63, 3.8) is 0 Å². The predicted octanol–water partition coefficient (Wildman–Crippen LogP) is 2.88. The molecular formula is C13H10ClN5OS. The molecule has 0 radical (unpaired) electrons. The number of fused-ring (bicyclic) bond motifs is 1. The fourth-order valence-electron chi connectivity index (χ4n) is 1.76. The van der Waals surface area contributed by atoms with Gasteiger partial charge < -0.3 is 5.43 Å². The molecule has 0 aliphatic heterocycles. The average molecular weight is 320 g/mol. The molecule has 2 heterocycles. The number of amides is 1. The van der Waals surface area contributed by atoms with Crippen LogP contribution in [-0.2, 0) is 0 Å². The molecule has 6 nitrogen and oxygen atoms in total. The van der Waals surface area contributed by atoms with Crippen LogP contribution >= 0.6 is 22.9 Å². The number of benzene rings is 1. The first kappa shape index (κ1) is 13.7. The summed E-state index contributed by atoms with van der Waals surface area (Å²) in [6.07, 6.45) is 1.50. The van der Waals surface area contributed by atoms with Gasteiger partial charge in [0.25, 0.3) is 5.91 Å². The van der Waals surface area contributed by atoms with Gasteiger partial charge in [-0.2, -0.15) is 0 Å². The molecule has 1 amide bonds. The lowest BCUT2D eigenvalue weighted by molar-refractivity contribution is 0.102. The van der Waals surface area contributed by atoms with Crippen LogP contribution in [0.15, 0.2) is 36.5 Å². The minimum absolute atomic E-state index is 0.253. The van der Waals surface area contributed by atoms with Crippen LogP contribution in [0.1, 0.15) is 10.5 Å². The SMILES string of the molecule is NNc1ccnc(C(=O)Nc2nc3ccc(Cl)cc3s2)c1. The first-order chi connectivity index (χ1) is 10.2. The molecule has 0 fully saturated rings. The number of carbonyl (C=O) groups is 1. The molecule has 0 unspecified atom stereocenters. The third kappa shape index (κ3) is 2.94. The zero-order valence-corrected chi connectivity index (χ0v) is 12.2. The lowest BCUT2D eigenvalue weighted by atomic mass is 10.3. The predicted molar refractivity (Wildman–Crippen MR) is 84.6 cm³/mol. The second-order valence-electron chi connectivity index (χ2n) is 4.16. The number of nitrogens with two attached hydrogens (primary N) is 1. The number of nitrogens with zero attached hydrogens (tertiary/aromatic N) is 2. The Morgan fingerprint density at radius 2 is 2.14 bits per heavy atom. The Labute approximate surface area is 128 Å². The molecule has 0 aliphatic rings. The second-order valence-corrected chi connectivity index (χ2v) is 5.63. The van der Waals surface area contributed by atoms with Crippen LogP contribution in [0, 0.1) is 0 Å². The van der Waals surface area contributed by atoms with Gasteiger partial charge in [0.1, 0.15) is 5.69 Å². The van der Waals surface area contributed by atoms with E-state index < -0.39 is 0 Å². The van der Waals surface area contributed by atoms with Crippen molar-refractivity contribution in [1.82, 2.24) is 9.97 Å². The van der Waals surface area contributed by atoms with Crippen molar-refractivity contribution in [1.29, 1.82) is 0 Å². The molecule has 0 saturated heterocycles. The number of rotatable bonds is 3. The first-order valence-electron chi connectivity index (χ1n) is 5.96. The summed E-state index contributed by atoms with van der Waals surface area (Å²) < 4.78 is 0.906. The fourth-order valence-corrected chi connectivity index (χ4v) is 2.89. The topological polar surface area (TPSA) is 92.9 Å². The molecule has 2 aromatic heterocycles. The van der Waals surface area contributed by atoms with E-state index in [0.717, 1.165) is 10.2 Å². The van der Waals surface area contributed by atoms with Crippen molar-refractivity contribution < 1.29 is 4.79 Å². The molecule has 3 rings (SSSR count). The number of halogens is 1. The van der Waals surface area contributed by atoms with Gasteiger partial charge in [0.2, 0.25) is 0 Å². The van der Waals surface area contributed by atoms with Crippen LogP contribution in [0.4, 0.5) is 10.8 Å². The van der Waals surface area contributed by atoms with Gasteiger partial charge in [-0.1, -0.05) is 22.9 Å². The molecule has 0 saturated carbocycles. The van der Waals surface area contributed by atoms with E-state index in [-0.39, 0.29) is 11.6 Å². The molecule has 0 spiro atoms.